The zero-order chi connectivity index (χ0) is 6.43. The summed E-state index contributed by atoms with van der Waals surface area (Å²) in [6.45, 7) is 0. The van der Waals surface area contributed by atoms with Crippen LogP contribution in [0, 0.1) is 0 Å². The highest BCUT2D eigenvalue weighted by Gasteiger charge is 2.47. The minimum Gasteiger partial charge on any atom is -0.389 e. The molecule has 10 heavy (non-hydrogen) atoms. The van der Waals surface area contributed by atoms with E-state index in [9.17, 15) is 0 Å². The van der Waals surface area contributed by atoms with Crippen molar-refractivity contribution in [3.8, 4) is 0 Å². The maximum atomic E-state index is 9.10. The molecule has 3 N–H and O–H groups in total. The second kappa shape index (κ2) is 2.64. The van der Waals surface area contributed by atoms with Crippen LogP contribution in [0.25, 0.3) is 0 Å². The van der Waals surface area contributed by atoms with Crippen LogP contribution in [0.3, 0.4) is 0 Å². The average Bonchev–Trinajstić information content (AvgIpc) is 2.37. The maximum Gasteiger partial charge on any atom is 0.110 e. The van der Waals surface area contributed by atoms with Gasteiger partial charge in [0.1, 0.15) is 18.3 Å². The van der Waals surface area contributed by atoms with Crippen molar-refractivity contribution < 1.29 is 15.1 Å². The Labute approximate surface area is 64.5 Å². The Hall–Kier alpha value is 0.130. The first-order valence-corrected chi connectivity index (χ1v) is 3.06. The maximum absolute atomic E-state index is 9.10. The van der Waals surface area contributed by atoms with Crippen molar-refractivity contribution in [2.24, 2.45) is 0 Å². The molecule has 2 bridgehead atoms. The molecule has 1 saturated heterocycles. The Bertz CT molecular complexity index is 116. The van der Waals surface area contributed by atoms with E-state index in [0.717, 1.165) is 6.42 Å². The zero-order valence-electron chi connectivity index (χ0n) is 5.23. The summed E-state index contributed by atoms with van der Waals surface area (Å²) in [5, 5.41) is 18.2. The summed E-state index contributed by atoms with van der Waals surface area (Å²) in [5.74, 6) is 0. The fraction of sp³-hybridized carbons (Fsp3) is 1.00. The number of nitrogens with one attached hydrogen (secondary N) is 1. The van der Waals surface area contributed by atoms with Gasteiger partial charge >= 0.3 is 0 Å². The number of rotatable bonds is 0. The lowest BCUT2D eigenvalue weighted by Crippen LogP contribution is -2.45. The Morgan fingerprint density at radius 1 is 1.30 bits per heavy atom. The lowest BCUT2D eigenvalue weighted by Gasteiger charge is -2.22. The summed E-state index contributed by atoms with van der Waals surface area (Å²) < 4.78 is 0. The third kappa shape index (κ3) is 0.926. The predicted molar refractivity (Wildman–Crippen MR) is 35.7 cm³/mol. The van der Waals surface area contributed by atoms with E-state index >= 15 is 0 Å². The number of hydrogen-bond acceptors (Lipinski definition) is 4. The van der Waals surface area contributed by atoms with Crippen LogP contribution in [0.4, 0.5) is 0 Å². The van der Waals surface area contributed by atoms with Gasteiger partial charge in [-0.25, -0.2) is 0 Å². The first kappa shape index (κ1) is 8.23. The third-order valence-corrected chi connectivity index (χ3v) is 2.00. The van der Waals surface area contributed by atoms with E-state index in [0.29, 0.717) is 0 Å². The highest BCUT2D eigenvalue weighted by Crippen LogP contribution is 2.28. The molecule has 0 amide bonds. The molecule has 60 valence electrons. The second-order valence-corrected chi connectivity index (χ2v) is 2.60. The predicted octanol–water partition coefficient (Wildman–Crippen LogP) is -1.19. The molecule has 2 aliphatic rings. The summed E-state index contributed by atoms with van der Waals surface area (Å²) in [7, 11) is 0. The molecule has 0 spiro atoms. The van der Waals surface area contributed by atoms with E-state index in [-0.39, 0.29) is 24.6 Å². The molecule has 4 atom stereocenters. The van der Waals surface area contributed by atoms with Crippen molar-refractivity contribution in [3.05, 3.63) is 0 Å². The number of aliphatic hydroxyl groups excluding tert-OH is 2. The van der Waals surface area contributed by atoms with Gasteiger partial charge in [-0.05, 0) is 6.42 Å². The molecule has 1 saturated carbocycles. The molecule has 1 heterocycles. The lowest BCUT2D eigenvalue weighted by molar-refractivity contribution is -0.125. The number of halogens is 1. The van der Waals surface area contributed by atoms with Gasteiger partial charge in [0.25, 0.3) is 0 Å². The highest BCUT2D eigenvalue weighted by atomic mass is 35.5. The minimum atomic E-state index is -0.684. The van der Waals surface area contributed by atoms with Crippen LogP contribution in [0.5, 0.6) is 0 Å². The van der Waals surface area contributed by atoms with Gasteiger partial charge in [-0.1, -0.05) is 0 Å². The molecule has 1 aliphatic heterocycles. The van der Waals surface area contributed by atoms with Crippen LogP contribution in [0.1, 0.15) is 6.42 Å². The number of fused-ring (bicyclic) bond motifs is 2. The van der Waals surface area contributed by atoms with Crippen molar-refractivity contribution >= 4 is 12.4 Å². The number of hydrogen-bond donors (Lipinski definition) is 3. The van der Waals surface area contributed by atoms with Gasteiger partial charge in [-0.3, -0.25) is 4.84 Å². The molecule has 1 aliphatic carbocycles. The summed E-state index contributed by atoms with van der Waals surface area (Å²) in [4.78, 5) is 4.87. The molecular formula is C5H10ClNO3. The number of hydroxylamine groups is 1. The van der Waals surface area contributed by atoms with Gasteiger partial charge in [0.2, 0.25) is 0 Å². The molecule has 0 radical (unpaired) electrons. The Balaban J connectivity index is 0.000000500. The van der Waals surface area contributed by atoms with Gasteiger partial charge in [-0.2, -0.15) is 5.48 Å². The van der Waals surface area contributed by atoms with Crippen LogP contribution >= 0.6 is 12.4 Å². The number of aliphatic hydroxyl groups is 2. The van der Waals surface area contributed by atoms with Crippen LogP contribution < -0.4 is 5.48 Å². The van der Waals surface area contributed by atoms with Crippen LogP contribution in [-0.2, 0) is 4.84 Å². The van der Waals surface area contributed by atoms with Crippen molar-refractivity contribution in [1.82, 2.24) is 5.48 Å². The van der Waals surface area contributed by atoms with Gasteiger partial charge in [0, 0.05) is 0 Å². The Morgan fingerprint density at radius 2 is 2.00 bits per heavy atom. The molecule has 4 nitrogen and oxygen atoms in total. The van der Waals surface area contributed by atoms with Crippen molar-refractivity contribution in [2.75, 3.05) is 0 Å². The normalized spacial score (nSPS) is 51.0. The molecule has 0 unspecified atom stereocenters. The molecule has 0 aromatic heterocycles. The third-order valence-electron chi connectivity index (χ3n) is 2.00. The monoisotopic (exact) mass is 167 g/mol. The largest absolute Gasteiger partial charge is 0.389 e. The van der Waals surface area contributed by atoms with Crippen molar-refractivity contribution in [1.29, 1.82) is 0 Å². The smallest absolute Gasteiger partial charge is 0.110 e. The summed E-state index contributed by atoms with van der Waals surface area (Å²) in [5.41, 5.74) is 2.63. The first-order chi connectivity index (χ1) is 4.29. The summed E-state index contributed by atoms with van der Waals surface area (Å²) >= 11 is 0. The lowest BCUT2D eigenvalue weighted by atomic mass is 10.2. The molecular weight excluding hydrogens is 158 g/mol. The van der Waals surface area contributed by atoms with E-state index < -0.39 is 12.2 Å². The van der Waals surface area contributed by atoms with E-state index in [4.69, 9.17) is 15.1 Å². The van der Waals surface area contributed by atoms with Crippen LogP contribution in [0.2, 0.25) is 0 Å². The Kier molecular flexibility index (Phi) is 2.17. The van der Waals surface area contributed by atoms with E-state index in [1.807, 2.05) is 0 Å². The Morgan fingerprint density at radius 3 is 2.30 bits per heavy atom. The van der Waals surface area contributed by atoms with Gasteiger partial charge in [0.05, 0.1) is 6.04 Å². The van der Waals surface area contributed by atoms with Crippen molar-refractivity contribution in [2.45, 2.75) is 30.8 Å². The highest BCUT2D eigenvalue weighted by molar-refractivity contribution is 5.85. The fourth-order valence-electron chi connectivity index (χ4n) is 1.40. The molecule has 2 fully saturated rings. The topological polar surface area (TPSA) is 61.7 Å². The van der Waals surface area contributed by atoms with E-state index in [1.54, 1.807) is 0 Å². The molecule has 0 aromatic rings. The fourth-order valence-corrected chi connectivity index (χ4v) is 1.40. The minimum absolute atomic E-state index is 0. The quantitative estimate of drug-likeness (QED) is 0.425. The van der Waals surface area contributed by atoms with E-state index in [2.05, 4.69) is 5.48 Å². The average molecular weight is 168 g/mol. The van der Waals surface area contributed by atoms with Gasteiger partial charge < -0.3 is 10.2 Å². The van der Waals surface area contributed by atoms with Crippen molar-refractivity contribution in [3.63, 3.8) is 0 Å². The summed E-state index contributed by atoms with van der Waals surface area (Å²) in [6.07, 6.45) is -0.785. The van der Waals surface area contributed by atoms with Gasteiger partial charge in [-0.15, -0.1) is 12.4 Å². The standard InChI is InChI=1S/C5H9NO3.ClH/c7-4-2-1-3(5(4)8)9-6-2;/h2-8H,1H2;1H/t2-,3+,4+,5-;/m1./s1. The SMILES string of the molecule is Cl.O[C@@H]1[C@H](O)[C@@H]2C[C@H]1NO2. The molecule has 5 heteroatoms. The van der Waals surface area contributed by atoms with Gasteiger partial charge in [0.15, 0.2) is 0 Å². The first-order valence-electron chi connectivity index (χ1n) is 3.06. The zero-order valence-corrected chi connectivity index (χ0v) is 6.04. The van der Waals surface area contributed by atoms with Crippen LogP contribution in [-0.4, -0.2) is 34.6 Å². The summed E-state index contributed by atoms with van der Waals surface area (Å²) in [6, 6.07) is -0.0509. The molecule has 2 rings (SSSR count). The molecule has 0 aromatic carbocycles. The van der Waals surface area contributed by atoms with Crippen LogP contribution in [0.15, 0.2) is 0 Å². The van der Waals surface area contributed by atoms with E-state index in [1.165, 1.54) is 0 Å². The second-order valence-electron chi connectivity index (χ2n) is 2.60.